The van der Waals surface area contributed by atoms with Gasteiger partial charge in [0.25, 0.3) is 5.91 Å². The van der Waals surface area contributed by atoms with Crippen LogP contribution in [0.3, 0.4) is 0 Å². The Morgan fingerprint density at radius 3 is 2.59 bits per heavy atom. The number of carbonyl (C=O) groups excluding carboxylic acids is 1. The summed E-state index contributed by atoms with van der Waals surface area (Å²) in [5, 5.41) is 13.8. The molecule has 4 rings (SSSR count). The maximum atomic E-state index is 12.3. The summed E-state index contributed by atoms with van der Waals surface area (Å²) in [5.41, 5.74) is 5.27. The van der Waals surface area contributed by atoms with Gasteiger partial charge >= 0.3 is 0 Å². The van der Waals surface area contributed by atoms with Gasteiger partial charge < -0.3 is 9.30 Å². The molecule has 0 radical (unpaired) electrons. The first kappa shape index (κ1) is 23.5. The van der Waals surface area contributed by atoms with Crippen LogP contribution in [-0.4, -0.2) is 32.6 Å². The molecular weight excluding hydrogens is 470 g/mol. The zero-order chi connectivity index (χ0) is 23.8. The molecule has 0 aliphatic heterocycles. The predicted molar refractivity (Wildman–Crippen MR) is 135 cm³/mol. The average Bonchev–Trinajstić information content (AvgIpc) is 3.24. The standard InChI is InChI=1S/C25H22ClN5O2S/c1-31-24(19-7-3-2-4-8-19)29-30-25(31)34-17-23(32)28-27-15-20-9-5-6-10-22(20)33-16-18-11-13-21(26)14-12-18/h2-15H,16-17H2,1H3,(H,28,32). The minimum absolute atomic E-state index is 0.160. The molecule has 9 heteroatoms. The van der Waals surface area contributed by atoms with Gasteiger partial charge in [0, 0.05) is 23.2 Å². The molecular formula is C25H22ClN5O2S. The minimum atomic E-state index is -0.245. The molecule has 172 valence electrons. The first-order valence-corrected chi connectivity index (χ1v) is 11.8. The first-order valence-electron chi connectivity index (χ1n) is 10.5. The van der Waals surface area contributed by atoms with Gasteiger partial charge in [-0.2, -0.15) is 5.10 Å². The van der Waals surface area contributed by atoms with Crippen molar-refractivity contribution in [3.8, 4) is 17.1 Å². The molecule has 1 heterocycles. The molecule has 7 nitrogen and oxygen atoms in total. The average molecular weight is 492 g/mol. The van der Waals surface area contributed by atoms with Crippen LogP contribution in [0.2, 0.25) is 5.02 Å². The molecule has 1 N–H and O–H groups in total. The Balaban J connectivity index is 1.30. The lowest BCUT2D eigenvalue weighted by Crippen LogP contribution is -2.20. The van der Waals surface area contributed by atoms with Crippen molar-refractivity contribution < 1.29 is 9.53 Å². The van der Waals surface area contributed by atoms with Gasteiger partial charge in [-0.15, -0.1) is 10.2 Å². The lowest BCUT2D eigenvalue weighted by molar-refractivity contribution is -0.118. The van der Waals surface area contributed by atoms with Crippen molar-refractivity contribution in [3.05, 3.63) is 95.0 Å². The largest absolute Gasteiger partial charge is 0.488 e. The topological polar surface area (TPSA) is 81.4 Å². The number of aromatic nitrogens is 3. The molecule has 0 aliphatic rings. The Hall–Kier alpha value is -3.62. The van der Waals surface area contributed by atoms with E-state index in [0.717, 1.165) is 22.5 Å². The second-order valence-electron chi connectivity index (χ2n) is 7.27. The van der Waals surface area contributed by atoms with Crippen LogP contribution in [-0.2, 0) is 18.4 Å². The van der Waals surface area contributed by atoms with Crippen LogP contribution in [0, 0.1) is 0 Å². The fourth-order valence-corrected chi connectivity index (χ4v) is 3.91. The van der Waals surface area contributed by atoms with Crippen molar-refractivity contribution >= 4 is 35.5 Å². The lowest BCUT2D eigenvalue weighted by atomic mass is 10.2. The molecule has 0 saturated heterocycles. The van der Waals surface area contributed by atoms with E-state index in [4.69, 9.17) is 16.3 Å². The summed E-state index contributed by atoms with van der Waals surface area (Å²) in [6.07, 6.45) is 1.57. The summed E-state index contributed by atoms with van der Waals surface area (Å²) in [7, 11) is 1.88. The molecule has 1 aromatic heterocycles. The van der Waals surface area contributed by atoms with Crippen LogP contribution >= 0.6 is 23.4 Å². The summed E-state index contributed by atoms with van der Waals surface area (Å²) in [5.74, 6) is 1.33. The monoisotopic (exact) mass is 491 g/mol. The zero-order valence-corrected chi connectivity index (χ0v) is 20.0. The van der Waals surface area contributed by atoms with Gasteiger partial charge in [0.1, 0.15) is 12.4 Å². The number of nitrogens with zero attached hydrogens (tertiary/aromatic N) is 4. The van der Waals surface area contributed by atoms with Gasteiger partial charge in [0.05, 0.1) is 12.0 Å². The van der Waals surface area contributed by atoms with Crippen molar-refractivity contribution in [2.45, 2.75) is 11.8 Å². The molecule has 4 aromatic rings. The summed E-state index contributed by atoms with van der Waals surface area (Å²) < 4.78 is 7.77. The van der Waals surface area contributed by atoms with E-state index in [-0.39, 0.29) is 11.7 Å². The third-order valence-corrected chi connectivity index (χ3v) is 6.09. The van der Waals surface area contributed by atoms with Gasteiger partial charge in [0.2, 0.25) is 0 Å². The van der Waals surface area contributed by atoms with Gasteiger partial charge in [0.15, 0.2) is 11.0 Å². The third kappa shape index (κ3) is 6.24. The van der Waals surface area contributed by atoms with E-state index in [2.05, 4.69) is 20.7 Å². The smallest absolute Gasteiger partial charge is 0.250 e. The van der Waals surface area contributed by atoms with Crippen molar-refractivity contribution in [2.75, 3.05) is 5.75 Å². The van der Waals surface area contributed by atoms with Crippen LogP contribution in [0.25, 0.3) is 11.4 Å². The Kier molecular flexibility index (Phi) is 7.95. The highest BCUT2D eigenvalue weighted by atomic mass is 35.5. The number of ether oxygens (including phenoxy) is 1. The number of amides is 1. The maximum absolute atomic E-state index is 12.3. The summed E-state index contributed by atoms with van der Waals surface area (Å²) in [4.78, 5) is 12.3. The van der Waals surface area contributed by atoms with E-state index in [1.54, 1.807) is 6.21 Å². The van der Waals surface area contributed by atoms with Gasteiger partial charge in [-0.05, 0) is 29.8 Å². The second-order valence-corrected chi connectivity index (χ2v) is 8.64. The maximum Gasteiger partial charge on any atom is 0.250 e. The molecule has 0 saturated carbocycles. The number of carbonyl (C=O) groups is 1. The van der Waals surface area contributed by atoms with E-state index >= 15 is 0 Å². The molecule has 0 fully saturated rings. The lowest BCUT2D eigenvalue weighted by Gasteiger charge is -2.09. The minimum Gasteiger partial charge on any atom is -0.488 e. The Labute approximate surface area is 206 Å². The second kappa shape index (κ2) is 11.5. The summed E-state index contributed by atoms with van der Waals surface area (Å²) >= 11 is 7.22. The van der Waals surface area contributed by atoms with Crippen molar-refractivity contribution in [3.63, 3.8) is 0 Å². The normalized spacial score (nSPS) is 11.0. The number of para-hydroxylation sites is 1. The SMILES string of the molecule is Cn1c(SCC(=O)NN=Cc2ccccc2OCc2ccc(Cl)cc2)nnc1-c1ccccc1. The number of nitrogens with one attached hydrogen (secondary N) is 1. The molecule has 3 aromatic carbocycles. The molecule has 0 bridgehead atoms. The van der Waals surface area contributed by atoms with Gasteiger partial charge in [-0.3, -0.25) is 4.79 Å². The molecule has 0 aliphatic carbocycles. The number of halogens is 1. The first-order chi connectivity index (χ1) is 16.6. The van der Waals surface area contributed by atoms with Crippen molar-refractivity contribution in [2.24, 2.45) is 12.1 Å². The fraction of sp³-hybridized carbons (Fsp3) is 0.120. The van der Waals surface area contributed by atoms with Crippen LogP contribution < -0.4 is 10.2 Å². The van der Waals surface area contributed by atoms with Crippen LogP contribution in [0.4, 0.5) is 0 Å². The number of rotatable bonds is 9. The summed E-state index contributed by atoms with van der Waals surface area (Å²) in [6, 6.07) is 24.7. The highest BCUT2D eigenvalue weighted by molar-refractivity contribution is 7.99. The molecule has 34 heavy (non-hydrogen) atoms. The van der Waals surface area contributed by atoms with Crippen LogP contribution in [0.15, 0.2) is 89.1 Å². The Morgan fingerprint density at radius 2 is 1.79 bits per heavy atom. The van der Waals surface area contributed by atoms with E-state index in [1.165, 1.54) is 11.8 Å². The number of hydrogen-bond donors (Lipinski definition) is 1. The van der Waals surface area contributed by atoms with Gasteiger partial charge in [-0.1, -0.05) is 78.0 Å². The predicted octanol–water partition coefficient (Wildman–Crippen LogP) is 4.96. The summed E-state index contributed by atoms with van der Waals surface area (Å²) in [6.45, 7) is 0.397. The third-order valence-electron chi connectivity index (χ3n) is 4.82. The Bertz CT molecular complexity index is 1280. The van der Waals surface area contributed by atoms with Gasteiger partial charge in [-0.25, -0.2) is 5.43 Å². The quantitative estimate of drug-likeness (QED) is 0.203. The van der Waals surface area contributed by atoms with Crippen LogP contribution in [0.5, 0.6) is 5.75 Å². The number of hydrazone groups is 1. The highest BCUT2D eigenvalue weighted by Crippen LogP contribution is 2.22. The molecule has 0 unspecified atom stereocenters. The van der Waals surface area contributed by atoms with E-state index in [9.17, 15) is 4.79 Å². The van der Waals surface area contributed by atoms with Crippen molar-refractivity contribution in [1.82, 2.24) is 20.2 Å². The van der Waals surface area contributed by atoms with E-state index < -0.39 is 0 Å². The highest BCUT2D eigenvalue weighted by Gasteiger charge is 2.12. The number of hydrogen-bond acceptors (Lipinski definition) is 6. The van der Waals surface area contributed by atoms with E-state index in [0.29, 0.717) is 22.5 Å². The number of thioether (sulfide) groups is 1. The molecule has 0 atom stereocenters. The number of benzene rings is 3. The van der Waals surface area contributed by atoms with Crippen molar-refractivity contribution in [1.29, 1.82) is 0 Å². The molecule has 1 amide bonds. The fourth-order valence-electron chi connectivity index (χ4n) is 3.08. The zero-order valence-electron chi connectivity index (χ0n) is 18.4. The Morgan fingerprint density at radius 1 is 1.06 bits per heavy atom. The van der Waals surface area contributed by atoms with Crippen LogP contribution in [0.1, 0.15) is 11.1 Å². The molecule has 0 spiro atoms. The van der Waals surface area contributed by atoms with E-state index in [1.807, 2.05) is 90.5 Å².